The van der Waals surface area contributed by atoms with Crippen molar-refractivity contribution in [3.8, 4) is 28.4 Å². The first-order valence-corrected chi connectivity index (χ1v) is 10.8. The van der Waals surface area contributed by atoms with E-state index in [0.29, 0.717) is 46.9 Å². The third-order valence-corrected chi connectivity index (χ3v) is 6.27. The molecule has 0 spiro atoms. The van der Waals surface area contributed by atoms with Crippen molar-refractivity contribution in [1.82, 2.24) is 4.90 Å². The molecule has 1 aliphatic heterocycles. The van der Waals surface area contributed by atoms with Gasteiger partial charge in [0.15, 0.2) is 11.5 Å². The van der Waals surface area contributed by atoms with Crippen molar-refractivity contribution < 1.29 is 18.6 Å². The van der Waals surface area contributed by atoms with Crippen LogP contribution in [0.2, 0.25) is 0 Å². The maximum absolute atomic E-state index is 13.4. The Hall–Kier alpha value is -3.77. The molecule has 1 aromatic heterocycles. The summed E-state index contributed by atoms with van der Waals surface area (Å²) < 4.78 is 22.8. The summed E-state index contributed by atoms with van der Waals surface area (Å²) >= 11 is 0. The minimum absolute atomic E-state index is 0.0977. The number of ether oxygens (including phenoxy) is 3. The van der Waals surface area contributed by atoms with Crippen LogP contribution in [0.1, 0.15) is 24.1 Å². The maximum atomic E-state index is 13.4. The van der Waals surface area contributed by atoms with Crippen molar-refractivity contribution in [2.24, 2.45) is 0 Å². The lowest BCUT2D eigenvalue weighted by Crippen LogP contribution is -2.34. The molecule has 0 N–H and O–H groups in total. The van der Waals surface area contributed by atoms with E-state index in [1.807, 2.05) is 30.3 Å². The van der Waals surface area contributed by atoms with Gasteiger partial charge in [0.2, 0.25) is 5.43 Å². The summed E-state index contributed by atoms with van der Waals surface area (Å²) in [6.07, 6.45) is 1.52. The van der Waals surface area contributed by atoms with Gasteiger partial charge in [0.05, 0.1) is 30.7 Å². The molecule has 6 nitrogen and oxygen atoms in total. The zero-order valence-corrected chi connectivity index (χ0v) is 18.8. The van der Waals surface area contributed by atoms with Gasteiger partial charge in [0, 0.05) is 12.6 Å². The molecule has 0 unspecified atom stereocenters. The molecule has 2 heterocycles. The van der Waals surface area contributed by atoms with Gasteiger partial charge >= 0.3 is 0 Å². The Balaban J connectivity index is 1.54. The second kappa shape index (κ2) is 8.64. The first kappa shape index (κ1) is 21.1. The van der Waals surface area contributed by atoms with Gasteiger partial charge < -0.3 is 18.6 Å². The average molecular weight is 443 g/mol. The van der Waals surface area contributed by atoms with Crippen LogP contribution in [-0.2, 0) is 6.54 Å². The quantitative estimate of drug-likeness (QED) is 0.412. The fourth-order valence-electron chi connectivity index (χ4n) is 4.32. The van der Waals surface area contributed by atoms with Gasteiger partial charge in [-0.05, 0) is 42.3 Å². The summed E-state index contributed by atoms with van der Waals surface area (Å²) in [5.74, 6) is 1.91. The minimum Gasteiger partial charge on any atom is -0.493 e. The van der Waals surface area contributed by atoms with Crippen LogP contribution in [0, 0.1) is 0 Å². The molecule has 3 aromatic carbocycles. The van der Waals surface area contributed by atoms with E-state index in [1.54, 1.807) is 32.4 Å². The summed E-state index contributed by atoms with van der Waals surface area (Å²) in [5, 5.41) is 0.527. The van der Waals surface area contributed by atoms with Crippen molar-refractivity contribution >= 4 is 11.0 Å². The van der Waals surface area contributed by atoms with Crippen molar-refractivity contribution in [2.45, 2.75) is 19.5 Å². The molecule has 0 fully saturated rings. The smallest absolute Gasteiger partial charge is 0.200 e. The van der Waals surface area contributed by atoms with Gasteiger partial charge in [-0.1, -0.05) is 36.4 Å². The first-order valence-electron chi connectivity index (χ1n) is 10.8. The second-order valence-electron chi connectivity index (χ2n) is 8.07. The fourth-order valence-corrected chi connectivity index (χ4v) is 4.32. The third kappa shape index (κ3) is 3.72. The van der Waals surface area contributed by atoms with E-state index in [2.05, 4.69) is 24.0 Å². The summed E-state index contributed by atoms with van der Waals surface area (Å²) in [4.78, 5) is 15.6. The second-order valence-corrected chi connectivity index (χ2v) is 8.07. The highest BCUT2D eigenvalue weighted by atomic mass is 16.5. The van der Waals surface area contributed by atoms with Crippen molar-refractivity contribution in [3.05, 3.63) is 88.3 Å². The lowest BCUT2D eigenvalue weighted by molar-refractivity contribution is 0.0620. The molecule has 5 rings (SSSR count). The minimum atomic E-state index is -0.0977. The number of methoxy groups -OCH3 is 2. The van der Waals surface area contributed by atoms with Crippen molar-refractivity contribution in [2.75, 3.05) is 21.0 Å². The van der Waals surface area contributed by atoms with Crippen molar-refractivity contribution in [1.29, 1.82) is 0 Å². The van der Waals surface area contributed by atoms with E-state index in [1.165, 1.54) is 11.8 Å². The Morgan fingerprint density at radius 3 is 2.52 bits per heavy atom. The third-order valence-electron chi connectivity index (χ3n) is 6.27. The molecule has 4 aromatic rings. The van der Waals surface area contributed by atoms with E-state index >= 15 is 0 Å². The van der Waals surface area contributed by atoms with Crippen LogP contribution in [0.25, 0.3) is 22.1 Å². The molecule has 6 heteroatoms. The molecule has 0 bridgehead atoms. The molecule has 0 amide bonds. The average Bonchev–Trinajstić information content (AvgIpc) is 2.88. The Morgan fingerprint density at radius 2 is 1.76 bits per heavy atom. The van der Waals surface area contributed by atoms with Gasteiger partial charge in [-0.3, -0.25) is 9.69 Å². The molecule has 33 heavy (non-hydrogen) atoms. The predicted octanol–water partition coefficient (Wildman–Crippen LogP) is 5.39. The van der Waals surface area contributed by atoms with E-state index < -0.39 is 0 Å². The van der Waals surface area contributed by atoms with E-state index in [-0.39, 0.29) is 11.5 Å². The van der Waals surface area contributed by atoms with Crippen molar-refractivity contribution in [3.63, 3.8) is 0 Å². The van der Waals surface area contributed by atoms with Gasteiger partial charge in [0.25, 0.3) is 0 Å². The highest BCUT2D eigenvalue weighted by molar-refractivity contribution is 5.86. The predicted molar refractivity (Wildman–Crippen MR) is 127 cm³/mol. The molecule has 1 atom stereocenters. The highest BCUT2D eigenvalue weighted by Gasteiger charge is 2.26. The molecule has 0 aliphatic carbocycles. The first-order chi connectivity index (χ1) is 16.1. The Morgan fingerprint density at radius 1 is 0.970 bits per heavy atom. The Kier molecular flexibility index (Phi) is 5.52. The zero-order chi connectivity index (χ0) is 22.9. The number of hydrogen-bond donors (Lipinski definition) is 0. The highest BCUT2D eigenvalue weighted by Crippen LogP contribution is 2.36. The van der Waals surface area contributed by atoms with Gasteiger partial charge in [-0.2, -0.15) is 0 Å². The zero-order valence-electron chi connectivity index (χ0n) is 18.8. The molecular formula is C27H25NO5. The van der Waals surface area contributed by atoms with Crippen LogP contribution in [0.3, 0.4) is 0 Å². The number of fused-ring (bicyclic) bond motifs is 3. The van der Waals surface area contributed by atoms with Crippen LogP contribution >= 0.6 is 0 Å². The normalized spacial score (nSPS) is 14.4. The fraction of sp³-hybridized carbons (Fsp3) is 0.222. The molecule has 0 saturated carbocycles. The summed E-state index contributed by atoms with van der Waals surface area (Å²) in [6.45, 7) is 3.25. The molecule has 1 aliphatic rings. The van der Waals surface area contributed by atoms with E-state index in [9.17, 15) is 4.79 Å². The van der Waals surface area contributed by atoms with Crippen LogP contribution in [-0.4, -0.2) is 25.9 Å². The summed E-state index contributed by atoms with van der Waals surface area (Å²) in [6, 6.07) is 19.5. The lowest BCUT2D eigenvalue weighted by Gasteiger charge is -2.34. The molecule has 0 radical (unpaired) electrons. The van der Waals surface area contributed by atoms with Crippen LogP contribution < -0.4 is 19.6 Å². The van der Waals surface area contributed by atoms with E-state index in [4.69, 9.17) is 18.6 Å². The number of benzene rings is 3. The molecule has 0 saturated heterocycles. The summed E-state index contributed by atoms with van der Waals surface area (Å²) in [5.41, 5.74) is 3.73. The standard InChI is InChI=1S/C27H25NO5/c1-17(18-7-5-4-6-8-18)28-14-21-23(33-16-28)12-10-20-26(29)22(15-32-27(20)21)19-9-11-24(30-2)25(13-19)31-3/h4-13,15,17H,14,16H2,1-3H3/t17-/m1/s1. The molecular weight excluding hydrogens is 418 g/mol. The number of rotatable bonds is 5. The summed E-state index contributed by atoms with van der Waals surface area (Å²) in [7, 11) is 3.15. The SMILES string of the molecule is COc1ccc(-c2coc3c4c(ccc3c2=O)OCN([C@H](C)c2ccccc2)C4)cc1OC. The van der Waals surface area contributed by atoms with Crippen LogP contribution in [0.15, 0.2) is 76.1 Å². The largest absolute Gasteiger partial charge is 0.493 e. The maximum Gasteiger partial charge on any atom is 0.200 e. The van der Waals surface area contributed by atoms with Crippen LogP contribution in [0.4, 0.5) is 0 Å². The lowest BCUT2D eigenvalue weighted by atomic mass is 10.0. The van der Waals surface area contributed by atoms with Gasteiger partial charge in [-0.15, -0.1) is 0 Å². The van der Waals surface area contributed by atoms with Crippen LogP contribution in [0.5, 0.6) is 17.2 Å². The monoisotopic (exact) mass is 443 g/mol. The van der Waals surface area contributed by atoms with Gasteiger partial charge in [-0.25, -0.2) is 0 Å². The Bertz CT molecular complexity index is 1360. The van der Waals surface area contributed by atoms with Gasteiger partial charge in [0.1, 0.15) is 24.3 Å². The Labute approximate surface area is 191 Å². The van der Waals surface area contributed by atoms with E-state index in [0.717, 1.165) is 11.3 Å². The number of hydrogen-bond acceptors (Lipinski definition) is 6. The topological polar surface area (TPSA) is 61.1 Å². The number of nitrogens with zero attached hydrogens (tertiary/aromatic N) is 1. The molecule has 168 valence electrons.